The standard InChI is InChI=1S/C18H32N6O3/c1-20-7-10-24(16-17-4-2-3-6-21-17)11-8-22-18(25)23-9-13-27-15-14-26-12-5-19/h2-4,6-7H,5,8-16,19H2,1H3,(H2,22,23,25). The molecule has 0 fully saturated rings. The lowest BCUT2D eigenvalue weighted by Crippen LogP contribution is -2.41. The Kier molecular flexibility index (Phi) is 13.7. The second-order valence-electron chi connectivity index (χ2n) is 5.69. The smallest absolute Gasteiger partial charge is 0.314 e. The molecule has 0 atom stereocenters. The lowest BCUT2D eigenvalue weighted by Gasteiger charge is -2.20. The molecule has 9 nitrogen and oxygen atoms in total. The summed E-state index contributed by atoms with van der Waals surface area (Å²) < 4.78 is 10.5. The number of aromatic nitrogens is 1. The monoisotopic (exact) mass is 380 g/mol. The largest absolute Gasteiger partial charge is 0.378 e. The van der Waals surface area contributed by atoms with E-state index in [1.54, 1.807) is 13.2 Å². The van der Waals surface area contributed by atoms with Crippen molar-refractivity contribution in [3.05, 3.63) is 30.1 Å². The lowest BCUT2D eigenvalue weighted by molar-refractivity contribution is 0.0524. The molecule has 0 aromatic carbocycles. The predicted octanol–water partition coefficient (Wildman–Crippen LogP) is -0.125. The first-order chi connectivity index (χ1) is 13.3. The zero-order chi connectivity index (χ0) is 19.6. The van der Waals surface area contributed by atoms with Crippen molar-refractivity contribution >= 4 is 12.2 Å². The molecular formula is C18H32N6O3. The summed E-state index contributed by atoms with van der Waals surface area (Å²) in [5.41, 5.74) is 6.30. The van der Waals surface area contributed by atoms with Gasteiger partial charge in [0, 0.05) is 58.7 Å². The van der Waals surface area contributed by atoms with Crippen molar-refractivity contribution in [3.8, 4) is 0 Å². The Labute approximate surface area is 161 Å². The number of hydrogen-bond acceptors (Lipinski definition) is 7. The second-order valence-corrected chi connectivity index (χ2v) is 5.69. The minimum absolute atomic E-state index is 0.208. The van der Waals surface area contributed by atoms with Crippen LogP contribution in [-0.4, -0.2) is 88.3 Å². The van der Waals surface area contributed by atoms with E-state index in [0.717, 1.165) is 5.69 Å². The van der Waals surface area contributed by atoms with E-state index in [2.05, 4.69) is 25.5 Å². The zero-order valence-corrected chi connectivity index (χ0v) is 16.1. The van der Waals surface area contributed by atoms with Crippen LogP contribution in [0.2, 0.25) is 0 Å². The summed E-state index contributed by atoms with van der Waals surface area (Å²) in [5.74, 6) is 0. The molecule has 27 heavy (non-hydrogen) atoms. The van der Waals surface area contributed by atoms with Crippen LogP contribution in [0.15, 0.2) is 29.4 Å². The van der Waals surface area contributed by atoms with Gasteiger partial charge in [0.15, 0.2) is 0 Å². The fourth-order valence-corrected chi connectivity index (χ4v) is 2.18. The van der Waals surface area contributed by atoms with Gasteiger partial charge in [-0.25, -0.2) is 4.79 Å². The number of carbonyl (C=O) groups is 1. The van der Waals surface area contributed by atoms with Gasteiger partial charge in [0.05, 0.1) is 32.1 Å². The molecule has 0 spiro atoms. The van der Waals surface area contributed by atoms with E-state index in [1.165, 1.54) is 0 Å². The molecule has 0 saturated heterocycles. The molecule has 0 saturated carbocycles. The highest BCUT2D eigenvalue weighted by atomic mass is 16.5. The first-order valence-electron chi connectivity index (χ1n) is 9.16. The van der Waals surface area contributed by atoms with E-state index in [0.29, 0.717) is 65.7 Å². The molecule has 0 unspecified atom stereocenters. The van der Waals surface area contributed by atoms with Gasteiger partial charge in [-0.05, 0) is 12.1 Å². The molecule has 0 aliphatic rings. The molecule has 152 valence electrons. The highest BCUT2D eigenvalue weighted by Crippen LogP contribution is 1.99. The van der Waals surface area contributed by atoms with Crippen molar-refractivity contribution in [1.29, 1.82) is 0 Å². The van der Waals surface area contributed by atoms with Gasteiger partial charge in [0.1, 0.15) is 0 Å². The number of nitrogens with one attached hydrogen (secondary N) is 2. The normalized spacial score (nSPS) is 11.2. The summed E-state index contributed by atoms with van der Waals surface area (Å²) in [6.07, 6.45) is 3.62. The Morgan fingerprint density at radius 1 is 1.22 bits per heavy atom. The highest BCUT2D eigenvalue weighted by Gasteiger charge is 2.06. The summed E-state index contributed by atoms with van der Waals surface area (Å²) in [5, 5.41) is 5.60. The minimum atomic E-state index is -0.208. The number of hydrogen-bond donors (Lipinski definition) is 3. The molecular weight excluding hydrogens is 348 g/mol. The fraction of sp³-hybridized carbons (Fsp3) is 0.611. The van der Waals surface area contributed by atoms with Crippen molar-refractivity contribution in [1.82, 2.24) is 20.5 Å². The van der Waals surface area contributed by atoms with E-state index >= 15 is 0 Å². The predicted molar refractivity (Wildman–Crippen MR) is 106 cm³/mol. The van der Waals surface area contributed by atoms with Gasteiger partial charge in [-0.2, -0.15) is 0 Å². The van der Waals surface area contributed by atoms with Gasteiger partial charge in [-0.1, -0.05) is 6.07 Å². The van der Waals surface area contributed by atoms with E-state index in [-0.39, 0.29) is 6.03 Å². The Morgan fingerprint density at radius 2 is 2.00 bits per heavy atom. The van der Waals surface area contributed by atoms with Gasteiger partial charge in [0.2, 0.25) is 0 Å². The molecule has 0 aliphatic heterocycles. The SMILES string of the molecule is CN=CCN(CCNC(=O)NCCOCCOCCN)Cc1ccccn1. The number of carbonyl (C=O) groups excluding carboxylic acids is 1. The molecule has 1 heterocycles. The molecule has 9 heteroatoms. The van der Waals surface area contributed by atoms with Crippen LogP contribution in [0.1, 0.15) is 5.69 Å². The van der Waals surface area contributed by atoms with Crippen molar-refractivity contribution in [3.63, 3.8) is 0 Å². The lowest BCUT2D eigenvalue weighted by atomic mass is 10.3. The Bertz CT molecular complexity index is 515. The maximum atomic E-state index is 11.8. The minimum Gasteiger partial charge on any atom is -0.378 e. The molecule has 0 aliphatic carbocycles. The van der Waals surface area contributed by atoms with Crippen LogP contribution in [0, 0.1) is 0 Å². The van der Waals surface area contributed by atoms with Crippen LogP contribution in [0.25, 0.3) is 0 Å². The summed E-state index contributed by atoms with van der Waals surface area (Å²) in [6.45, 7) is 5.57. The summed E-state index contributed by atoms with van der Waals surface area (Å²) >= 11 is 0. The first-order valence-corrected chi connectivity index (χ1v) is 9.16. The Balaban J connectivity index is 2.13. The van der Waals surface area contributed by atoms with Crippen LogP contribution in [0.5, 0.6) is 0 Å². The number of nitrogens with zero attached hydrogens (tertiary/aromatic N) is 3. The number of urea groups is 1. The molecule has 1 aromatic rings. The van der Waals surface area contributed by atoms with Crippen LogP contribution in [0.3, 0.4) is 0 Å². The molecule has 0 bridgehead atoms. The second kappa shape index (κ2) is 16.1. The van der Waals surface area contributed by atoms with Crippen LogP contribution in [-0.2, 0) is 16.0 Å². The van der Waals surface area contributed by atoms with E-state index in [4.69, 9.17) is 15.2 Å². The van der Waals surface area contributed by atoms with Crippen molar-refractivity contribution in [2.75, 3.05) is 66.2 Å². The Morgan fingerprint density at radius 3 is 2.70 bits per heavy atom. The maximum Gasteiger partial charge on any atom is 0.314 e. The number of rotatable bonds is 15. The number of pyridine rings is 1. The molecule has 4 N–H and O–H groups in total. The average Bonchev–Trinajstić information content (AvgIpc) is 2.69. The highest BCUT2D eigenvalue weighted by molar-refractivity contribution is 5.73. The average molecular weight is 380 g/mol. The van der Waals surface area contributed by atoms with E-state index in [9.17, 15) is 4.79 Å². The third-order valence-corrected chi connectivity index (χ3v) is 3.51. The third kappa shape index (κ3) is 12.8. The van der Waals surface area contributed by atoms with Crippen molar-refractivity contribution in [2.24, 2.45) is 10.7 Å². The van der Waals surface area contributed by atoms with E-state index < -0.39 is 0 Å². The molecule has 1 rings (SSSR count). The number of nitrogens with two attached hydrogens (primary N) is 1. The van der Waals surface area contributed by atoms with E-state index in [1.807, 2.05) is 24.4 Å². The molecule has 2 amide bonds. The van der Waals surface area contributed by atoms with Gasteiger partial charge in [-0.3, -0.25) is 14.9 Å². The number of amides is 2. The van der Waals surface area contributed by atoms with Crippen LogP contribution in [0.4, 0.5) is 4.79 Å². The quantitative estimate of drug-likeness (QED) is 0.289. The van der Waals surface area contributed by atoms with Gasteiger partial charge in [-0.15, -0.1) is 0 Å². The fourth-order valence-electron chi connectivity index (χ4n) is 2.18. The summed E-state index contributed by atoms with van der Waals surface area (Å²) in [6, 6.07) is 5.63. The van der Waals surface area contributed by atoms with Crippen molar-refractivity contribution in [2.45, 2.75) is 6.54 Å². The maximum absolute atomic E-state index is 11.8. The third-order valence-electron chi connectivity index (χ3n) is 3.51. The topological polar surface area (TPSA) is 114 Å². The number of aliphatic imine (C=N–C) groups is 1. The molecule has 1 aromatic heterocycles. The van der Waals surface area contributed by atoms with Crippen LogP contribution < -0.4 is 16.4 Å². The van der Waals surface area contributed by atoms with Gasteiger partial charge >= 0.3 is 6.03 Å². The number of ether oxygens (including phenoxy) is 2. The van der Waals surface area contributed by atoms with Crippen molar-refractivity contribution < 1.29 is 14.3 Å². The Hall–Kier alpha value is -2.07. The van der Waals surface area contributed by atoms with Gasteiger partial charge in [0.25, 0.3) is 0 Å². The summed E-state index contributed by atoms with van der Waals surface area (Å²) in [7, 11) is 1.75. The zero-order valence-electron chi connectivity index (χ0n) is 16.1. The van der Waals surface area contributed by atoms with Gasteiger partial charge < -0.3 is 25.8 Å². The molecule has 0 radical (unpaired) electrons. The van der Waals surface area contributed by atoms with Crippen LogP contribution >= 0.6 is 0 Å². The summed E-state index contributed by atoms with van der Waals surface area (Å²) in [4.78, 5) is 22.3. The first kappa shape index (κ1) is 23.0.